The lowest BCUT2D eigenvalue weighted by molar-refractivity contribution is 0.0697. The number of carboxylic acids is 1. The number of carboxylic acid groups (broad SMARTS) is 1. The summed E-state index contributed by atoms with van der Waals surface area (Å²) in [4.78, 5) is 11.5. The van der Waals surface area contributed by atoms with Crippen molar-refractivity contribution in [3.63, 3.8) is 0 Å². The van der Waals surface area contributed by atoms with Crippen LogP contribution in [-0.4, -0.2) is 20.9 Å². The third kappa shape index (κ3) is 2.43. The molecule has 4 heteroatoms. The number of aryl methyl sites for hydroxylation is 1. The lowest BCUT2D eigenvalue weighted by atomic mass is 10.1. The summed E-state index contributed by atoms with van der Waals surface area (Å²) in [7, 11) is 0. The van der Waals surface area contributed by atoms with Gasteiger partial charge in [-0.15, -0.1) is 0 Å². The van der Waals surface area contributed by atoms with Crippen LogP contribution in [0.15, 0.2) is 60.8 Å². The van der Waals surface area contributed by atoms with E-state index >= 15 is 0 Å². The van der Waals surface area contributed by atoms with Gasteiger partial charge in [-0.1, -0.05) is 42.5 Å². The Morgan fingerprint density at radius 1 is 1.10 bits per heavy atom. The van der Waals surface area contributed by atoms with Crippen molar-refractivity contribution in [3.8, 4) is 16.9 Å². The second kappa shape index (κ2) is 5.25. The molecule has 0 aliphatic rings. The molecule has 0 spiro atoms. The number of hydrogen-bond acceptors (Lipinski definition) is 2. The zero-order chi connectivity index (χ0) is 14.8. The fourth-order valence-electron chi connectivity index (χ4n) is 2.33. The van der Waals surface area contributed by atoms with Gasteiger partial charge in [-0.05, 0) is 24.6 Å². The number of rotatable bonds is 3. The van der Waals surface area contributed by atoms with Crippen molar-refractivity contribution in [3.05, 3.63) is 71.9 Å². The van der Waals surface area contributed by atoms with Gasteiger partial charge in [0.05, 0.1) is 17.6 Å². The minimum absolute atomic E-state index is 0.197. The van der Waals surface area contributed by atoms with E-state index in [9.17, 15) is 9.90 Å². The van der Waals surface area contributed by atoms with Crippen LogP contribution in [0.25, 0.3) is 16.9 Å². The molecule has 4 nitrogen and oxygen atoms in total. The zero-order valence-corrected chi connectivity index (χ0v) is 11.5. The van der Waals surface area contributed by atoms with E-state index in [4.69, 9.17) is 0 Å². The Morgan fingerprint density at radius 3 is 2.52 bits per heavy atom. The summed E-state index contributed by atoms with van der Waals surface area (Å²) in [6.07, 6.45) is 1.40. The molecule has 0 unspecified atom stereocenters. The van der Waals surface area contributed by atoms with Gasteiger partial charge in [0.2, 0.25) is 0 Å². The van der Waals surface area contributed by atoms with Crippen LogP contribution in [0, 0.1) is 6.92 Å². The molecule has 0 fully saturated rings. The maximum absolute atomic E-state index is 11.5. The average molecular weight is 278 g/mol. The number of aromatic carboxylic acids is 1. The minimum atomic E-state index is -0.979. The quantitative estimate of drug-likeness (QED) is 0.797. The summed E-state index contributed by atoms with van der Waals surface area (Å²) in [6.45, 7) is 1.99. The summed E-state index contributed by atoms with van der Waals surface area (Å²) in [5.74, 6) is -0.979. The predicted octanol–water partition coefficient (Wildman–Crippen LogP) is 3.55. The second-order valence-electron chi connectivity index (χ2n) is 4.83. The number of benzene rings is 2. The zero-order valence-electron chi connectivity index (χ0n) is 11.5. The van der Waals surface area contributed by atoms with Crippen LogP contribution in [0.5, 0.6) is 0 Å². The molecule has 104 valence electrons. The van der Waals surface area contributed by atoms with Crippen LogP contribution in [0.4, 0.5) is 0 Å². The Bertz CT molecular complexity index is 792. The first kappa shape index (κ1) is 13.1. The van der Waals surface area contributed by atoms with E-state index in [1.54, 1.807) is 4.68 Å². The molecule has 0 saturated heterocycles. The molecular weight excluding hydrogens is 264 g/mol. The fraction of sp³-hybridized carbons (Fsp3) is 0.0588. The maximum Gasteiger partial charge on any atom is 0.339 e. The SMILES string of the molecule is Cc1cccc(-n2ncc(C(=O)O)c2-c2ccccc2)c1. The molecule has 3 aromatic rings. The monoisotopic (exact) mass is 278 g/mol. The summed E-state index contributed by atoms with van der Waals surface area (Å²) in [5.41, 5.74) is 3.56. The van der Waals surface area contributed by atoms with Gasteiger partial charge in [-0.2, -0.15) is 5.10 Å². The van der Waals surface area contributed by atoms with E-state index in [-0.39, 0.29) is 5.56 Å². The smallest absolute Gasteiger partial charge is 0.339 e. The van der Waals surface area contributed by atoms with Crippen molar-refractivity contribution in [1.82, 2.24) is 9.78 Å². The Kier molecular flexibility index (Phi) is 3.28. The van der Waals surface area contributed by atoms with Crippen LogP contribution in [0.3, 0.4) is 0 Å². The molecular formula is C17H14N2O2. The van der Waals surface area contributed by atoms with Gasteiger partial charge in [-0.3, -0.25) is 0 Å². The maximum atomic E-state index is 11.5. The van der Waals surface area contributed by atoms with E-state index in [1.165, 1.54) is 6.20 Å². The van der Waals surface area contributed by atoms with E-state index < -0.39 is 5.97 Å². The molecule has 0 radical (unpaired) electrons. The van der Waals surface area contributed by atoms with Crippen LogP contribution in [0.1, 0.15) is 15.9 Å². The van der Waals surface area contributed by atoms with Crippen LogP contribution in [-0.2, 0) is 0 Å². The molecule has 0 bridgehead atoms. The van der Waals surface area contributed by atoms with Gasteiger partial charge in [0.15, 0.2) is 0 Å². The van der Waals surface area contributed by atoms with E-state index in [2.05, 4.69) is 5.10 Å². The topological polar surface area (TPSA) is 55.1 Å². The molecule has 1 N–H and O–H groups in total. The van der Waals surface area contributed by atoms with Gasteiger partial charge in [0.1, 0.15) is 5.56 Å². The van der Waals surface area contributed by atoms with Gasteiger partial charge < -0.3 is 5.11 Å². The highest BCUT2D eigenvalue weighted by atomic mass is 16.4. The fourth-order valence-corrected chi connectivity index (χ4v) is 2.33. The Labute approximate surface area is 122 Å². The Morgan fingerprint density at radius 2 is 1.86 bits per heavy atom. The van der Waals surface area contributed by atoms with Crippen LogP contribution in [0.2, 0.25) is 0 Å². The molecule has 0 aliphatic carbocycles. The third-order valence-electron chi connectivity index (χ3n) is 3.29. The molecule has 2 aromatic carbocycles. The number of aromatic nitrogens is 2. The van der Waals surface area contributed by atoms with Crippen molar-refractivity contribution in [2.75, 3.05) is 0 Å². The summed E-state index contributed by atoms with van der Waals surface area (Å²) >= 11 is 0. The molecule has 21 heavy (non-hydrogen) atoms. The lowest BCUT2D eigenvalue weighted by Crippen LogP contribution is -2.03. The molecule has 0 amide bonds. The van der Waals surface area contributed by atoms with Gasteiger partial charge in [0.25, 0.3) is 0 Å². The molecule has 1 aromatic heterocycles. The highest BCUT2D eigenvalue weighted by Crippen LogP contribution is 2.26. The van der Waals surface area contributed by atoms with E-state index in [0.717, 1.165) is 16.8 Å². The molecule has 1 heterocycles. The van der Waals surface area contributed by atoms with Crippen molar-refractivity contribution in [2.24, 2.45) is 0 Å². The van der Waals surface area contributed by atoms with Crippen molar-refractivity contribution < 1.29 is 9.90 Å². The first-order valence-corrected chi connectivity index (χ1v) is 6.60. The highest BCUT2D eigenvalue weighted by molar-refractivity contribution is 5.95. The average Bonchev–Trinajstić information content (AvgIpc) is 2.93. The van der Waals surface area contributed by atoms with Gasteiger partial charge >= 0.3 is 5.97 Å². The summed E-state index contributed by atoms with van der Waals surface area (Å²) < 4.78 is 1.67. The van der Waals surface area contributed by atoms with Crippen LogP contribution >= 0.6 is 0 Å². The minimum Gasteiger partial charge on any atom is -0.478 e. The molecule has 0 atom stereocenters. The van der Waals surface area contributed by atoms with Crippen LogP contribution < -0.4 is 0 Å². The van der Waals surface area contributed by atoms with Crippen molar-refractivity contribution in [1.29, 1.82) is 0 Å². The third-order valence-corrected chi connectivity index (χ3v) is 3.29. The Hall–Kier alpha value is -2.88. The largest absolute Gasteiger partial charge is 0.478 e. The first-order chi connectivity index (χ1) is 10.2. The molecule has 3 rings (SSSR count). The van der Waals surface area contributed by atoms with Gasteiger partial charge in [-0.25, -0.2) is 9.48 Å². The van der Waals surface area contributed by atoms with Gasteiger partial charge in [0, 0.05) is 5.56 Å². The van der Waals surface area contributed by atoms with Crippen molar-refractivity contribution in [2.45, 2.75) is 6.92 Å². The standard InChI is InChI=1S/C17H14N2O2/c1-12-6-5-9-14(10-12)19-16(13-7-3-2-4-8-13)15(11-18-19)17(20)21/h2-11H,1H3,(H,20,21). The number of hydrogen-bond donors (Lipinski definition) is 1. The normalized spacial score (nSPS) is 10.5. The predicted molar refractivity (Wildman–Crippen MR) is 80.7 cm³/mol. The lowest BCUT2D eigenvalue weighted by Gasteiger charge is -2.09. The Balaban J connectivity index is 2.25. The number of nitrogens with zero attached hydrogens (tertiary/aromatic N) is 2. The number of carbonyl (C=O) groups is 1. The molecule has 0 aliphatic heterocycles. The second-order valence-corrected chi connectivity index (χ2v) is 4.83. The summed E-state index contributed by atoms with van der Waals surface area (Å²) in [5, 5.41) is 13.6. The molecule has 0 saturated carbocycles. The summed E-state index contributed by atoms with van der Waals surface area (Å²) in [6, 6.07) is 17.3. The van der Waals surface area contributed by atoms with E-state index in [1.807, 2.05) is 61.5 Å². The van der Waals surface area contributed by atoms with E-state index in [0.29, 0.717) is 5.69 Å². The van der Waals surface area contributed by atoms with Crippen molar-refractivity contribution >= 4 is 5.97 Å². The highest BCUT2D eigenvalue weighted by Gasteiger charge is 2.19. The first-order valence-electron chi connectivity index (χ1n) is 6.60.